The van der Waals surface area contributed by atoms with Gasteiger partial charge in [0.05, 0.1) is 18.4 Å². The lowest BCUT2D eigenvalue weighted by Gasteiger charge is -2.11. The van der Waals surface area contributed by atoms with Crippen molar-refractivity contribution in [2.75, 3.05) is 24.8 Å². The Morgan fingerprint density at radius 1 is 1.15 bits per heavy atom. The van der Waals surface area contributed by atoms with E-state index < -0.39 is 0 Å². The van der Waals surface area contributed by atoms with Crippen molar-refractivity contribution in [1.82, 2.24) is 0 Å². The first kappa shape index (κ1) is 14.4. The van der Waals surface area contributed by atoms with Gasteiger partial charge in [0.15, 0.2) is 0 Å². The van der Waals surface area contributed by atoms with E-state index in [1.54, 1.807) is 26.3 Å². The van der Waals surface area contributed by atoms with Crippen LogP contribution < -0.4 is 15.4 Å². The van der Waals surface area contributed by atoms with Crippen molar-refractivity contribution in [2.45, 2.75) is 0 Å². The molecule has 0 unspecified atom stereocenters. The second-order valence-electron chi connectivity index (χ2n) is 4.10. The summed E-state index contributed by atoms with van der Waals surface area (Å²) in [4.78, 5) is 12.3. The number of ether oxygens (including phenoxy) is 1. The quantitative estimate of drug-likeness (QED) is 0.895. The molecule has 0 aliphatic carbocycles. The largest absolute Gasteiger partial charge is 0.497 e. The van der Waals surface area contributed by atoms with Gasteiger partial charge in [-0.25, -0.2) is 0 Å². The van der Waals surface area contributed by atoms with Gasteiger partial charge in [-0.3, -0.25) is 4.79 Å². The van der Waals surface area contributed by atoms with Crippen molar-refractivity contribution in [3.63, 3.8) is 0 Å². The Labute approximate surface area is 126 Å². The highest BCUT2D eigenvalue weighted by atomic mass is 79.9. The standard InChI is InChI=1S/C15H15BrN2O2/c1-17-13-6-4-3-5-11(13)15(19)18-14-9-10(20-2)7-8-12(14)16/h3-9,17H,1-2H3,(H,18,19). The summed E-state index contributed by atoms with van der Waals surface area (Å²) >= 11 is 3.41. The molecule has 4 nitrogen and oxygen atoms in total. The maximum absolute atomic E-state index is 12.3. The fourth-order valence-corrected chi connectivity index (χ4v) is 2.16. The van der Waals surface area contributed by atoms with E-state index in [2.05, 4.69) is 26.6 Å². The molecular formula is C15H15BrN2O2. The van der Waals surface area contributed by atoms with Crippen LogP contribution in [0.15, 0.2) is 46.9 Å². The minimum atomic E-state index is -0.177. The molecule has 5 heteroatoms. The van der Waals surface area contributed by atoms with E-state index >= 15 is 0 Å². The molecule has 0 atom stereocenters. The lowest BCUT2D eigenvalue weighted by atomic mass is 10.1. The summed E-state index contributed by atoms with van der Waals surface area (Å²) in [6, 6.07) is 12.8. The van der Waals surface area contributed by atoms with Gasteiger partial charge >= 0.3 is 0 Å². The van der Waals surface area contributed by atoms with Crippen molar-refractivity contribution in [2.24, 2.45) is 0 Å². The van der Waals surface area contributed by atoms with E-state index in [0.29, 0.717) is 17.0 Å². The zero-order valence-electron chi connectivity index (χ0n) is 11.2. The van der Waals surface area contributed by atoms with Gasteiger partial charge < -0.3 is 15.4 Å². The molecule has 0 bridgehead atoms. The molecule has 1 amide bonds. The first-order chi connectivity index (χ1) is 9.65. The molecule has 0 saturated carbocycles. The molecule has 0 aliphatic heterocycles. The Morgan fingerprint density at radius 2 is 1.90 bits per heavy atom. The summed E-state index contributed by atoms with van der Waals surface area (Å²) in [6.07, 6.45) is 0. The van der Waals surface area contributed by atoms with E-state index in [1.807, 2.05) is 30.3 Å². The monoisotopic (exact) mass is 334 g/mol. The van der Waals surface area contributed by atoms with Gasteiger partial charge in [-0.05, 0) is 40.2 Å². The minimum Gasteiger partial charge on any atom is -0.497 e. The van der Waals surface area contributed by atoms with E-state index in [9.17, 15) is 4.79 Å². The smallest absolute Gasteiger partial charge is 0.257 e. The number of amides is 1. The molecule has 0 aromatic heterocycles. The molecule has 2 aromatic rings. The number of carbonyl (C=O) groups excluding carboxylic acids is 1. The molecule has 0 spiro atoms. The number of carbonyl (C=O) groups is 1. The molecule has 20 heavy (non-hydrogen) atoms. The summed E-state index contributed by atoms with van der Waals surface area (Å²) in [5, 5.41) is 5.87. The van der Waals surface area contributed by atoms with Gasteiger partial charge in [-0.15, -0.1) is 0 Å². The number of nitrogens with one attached hydrogen (secondary N) is 2. The average Bonchev–Trinajstić information content (AvgIpc) is 2.49. The molecule has 0 heterocycles. The zero-order valence-corrected chi connectivity index (χ0v) is 12.8. The summed E-state index contributed by atoms with van der Waals surface area (Å²) in [5.74, 6) is 0.509. The molecule has 0 fully saturated rings. The first-order valence-electron chi connectivity index (χ1n) is 6.07. The number of benzene rings is 2. The third-order valence-electron chi connectivity index (χ3n) is 2.86. The normalized spacial score (nSPS) is 9.95. The van der Waals surface area contributed by atoms with Crippen LogP contribution in [0.1, 0.15) is 10.4 Å². The molecule has 0 aliphatic rings. The Bertz CT molecular complexity index is 629. The van der Waals surface area contributed by atoms with Crippen molar-refractivity contribution < 1.29 is 9.53 Å². The zero-order chi connectivity index (χ0) is 14.5. The fraction of sp³-hybridized carbons (Fsp3) is 0.133. The molecule has 2 rings (SSSR count). The number of rotatable bonds is 4. The van der Waals surface area contributed by atoms with Gasteiger partial charge in [0.2, 0.25) is 0 Å². The third-order valence-corrected chi connectivity index (χ3v) is 3.55. The van der Waals surface area contributed by atoms with Crippen molar-refractivity contribution in [3.05, 3.63) is 52.5 Å². The average molecular weight is 335 g/mol. The number of methoxy groups -OCH3 is 1. The number of hydrogen-bond acceptors (Lipinski definition) is 3. The lowest BCUT2D eigenvalue weighted by molar-refractivity contribution is 0.102. The fourth-order valence-electron chi connectivity index (χ4n) is 1.82. The molecule has 2 aromatic carbocycles. The molecular weight excluding hydrogens is 320 g/mol. The van der Waals surface area contributed by atoms with Gasteiger partial charge in [-0.2, -0.15) is 0 Å². The topological polar surface area (TPSA) is 50.4 Å². The highest BCUT2D eigenvalue weighted by Gasteiger charge is 2.12. The van der Waals surface area contributed by atoms with Crippen molar-refractivity contribution in [1.29, 1.82) is 0 Å². The summed E-state index contributed by atoms with van der Waals surface area (Å²) < 4.78 is 5.96. The molecule has 104 valence electrons. The Balaban J connectivity index is 2.27. The molecule has 0 radical (unpaired) electrons. The van der Waals surface area contributed by atoms with Crippen LogP contribution in [0.4, 0.5) is 11.4 Å². The number of anilines is 2. The van der Waals surface area contributed by atoms with Gasteiger partial charge in [0, 0.05) is 23.3 Å². The van der Waals surface area contributed by atoms with Crippen LogP contribution >= 0.6 is 15.9 Å². The maximum Gasteiger partial charge on any atom is 0.257 e. The molecule has 0 saturated heterocycles. The predicted molar refractivity (Wildman–Crippen MR) is 84.6 cm³/mol. The van der Waals surface area contributed by atoms with Crippen LogP contribution in [0, 0.1) is 0 Å². The predicted octanol–water partition coefficient (Wildman–Crippen LogP) is 3.75. The van der Waals surface area contributed by atoms with Crippen LogP contribution in [0.5, 0.6) is 5.75 Å². The van der Waals surface area contributed by atoms with Crippen molar-refractivity contribution >= 4 is 33.2 Å². The second-order valence-corrected chi connectivity index (χ2v) is 4.95. The maximum atomic E-state index is 12.3. The number of hydrogen-bond donors (Lipinski definition) is 2. The summed E-state index contributed by atoms with van der Waals surface area (Å²) in [5.41, 5.74) is 2.04. The minimum absolute atomic E-state index is 0.177. The third kappa shape index (κ3) is 3.11. The highest BCUT2D eigenvalue weighted by Crippen LogP contribution is 2.28. The highest BCUT2D eigenvalue weighted by molar-refractivity contribution is 9.10. The second kappa shape index (κ2) is 6.43. The number of halogens is 1. The summed E-state index contributed by atoms with van der Waals surface area (Å²) in [7, 11) is 3.37. The Kier molecular flexibility index (Phi) is 4.63. The van der Waals surface area contributed by atoms with E-state index in [-0.39, 0.29) is 5.91 Å². The van der Waals surface area contributed by atoms with Crippen LogP contribution in [0.3, 0.4) is 0 Å². The first-order valence-corrected chi connectivity index (χ1v) is 6.86. The van der Waals surface area contributed by atoms with Crippen molar-refractivity contribution in [3.8, 4) is 5.75 Å². The van der Waals surface area contributed by atoms with Gasteiger partial charge in [0.1, 0.15) is 5.75 Å². The summed E-state index contributed by atoms with van der Waals surface area (Å²) in [6.45, 7) is 0. The van der Waals surface area contributed by atoms with E-state index in [1.165, 1.54) is 0 Å². The Hall–Kier alpha value is -2.01. The SMILES string of the molecule is CNc1ccccc1C(=O)Nc1cc(OC)ccc1Br. The van der Waals surface area contributed by atoms with Crippen LogP contribution in [0.2, 0.25) is 0 Å². The van der Waals surface area contributed by atoms with Crippen LogP contribution in [-0.2, 0) is 0 Å². The van der Waals surface area contributed by atoms with E-state index in [4.69, 9.17) is 4.74 Å². The molecule has 2 N–H and O–H groups in total. The van der Waals surface area contributed by atoms with Crippen LogP contribution in [-0.4, -0.2) is 20.1 Å². The van der Waals surface area contributed by atoms with Gasteiger partial charge in [0.25, 0.3) is 5.91 Å². The Morgan fingerprint density at radius 3 is 2.60 bits per heavy atom. The lowest BCUT2D eigenvalue weighted by Crippen LogP contribution is -2.14. The number of para-hydroxylation sites is 1. The van der Waals surface area contributed by atoms with Crippen LogP contribution in [0.25, 0.3) is 0 Å². The van der Waals surface area contributed by atoms with E-state index in [0.717, 1.165) is 10.2 Å². The van der Waals surface area contributed by atoms with Gasteiger partial charge in [-0.1, -0.05) is 12.1 Å².